The Morgan fingerprint density at radius 1 is 1.16 bits per heavy atom. The van der Waals surface area contributed by atoms with E-state index in [9.17, 15) is 14.7 Å². The number of aromatic nitrogens is 3. The summed E-state index contributed by atoms with van der Waals surface area (Å²) < 4.78 is 44.2. The summed E-state index contributed by atoms with van der Waals surface area (Å²) in [6, 6.07) is 6.32. The van der Waals surface area contributed by atoms with Gasteiger partial charge < -0.3 is 24.4 Å². The predicted octanol–water partition coefficient (Wildman–Crippen LogP) is 5.12. The Labute approximate surface area is 246 Å². The molecule has 0 radical (unpaired) electrons. The zero-order valence-electron chi connectivity index (χ0n) is 24.4. The first-order valence-electron chi connectivity index (χ1n) is 14.0. The number of ether oxygens (including phenoxy) is 2. The van der Waals surface area contributed by atoms with Gasteiger partial charge >= 0.3 is 11.7 Å². The van der Waals surface area contributed by atoms with E-state index in [1.807, 2.05) is 25.7 Å². The second kappa shape index (κ2) is 10.5. The van der Waals surface area contributed by atoms with Crippen LogP contribution in [0.5, 0.6) is 11.5 Å². The van der Waals surface area contributed by atoms with Gasteiger partial charge in [-0.3, -0.25) is 14.3 Å². The number of carbonyl (C=O) groups is 1. The van der Waals surface area contributed by atoms with Crippen molar-refractivity contribution < 1.29 is 28.2 Å². The summed E-state index contributed by atoms with van der Waals surface area (Å²) in [5, 5.41) is 9.98. The number of aryl methyl sites for hydroxylation is 1. The molecule has 0 unspecified atom stereocenters. The molecule has 0 spiro atoms. The Hall–Kier alpha value is -4.74. The van der Waals surface area contributed by atoms with Crippen molar-refractivity contribution in [3.63, 3.8) is 0 Å². The van der Waals surface area contributed by atoms with E-state index in [-0.39, 0.29) is 59.4 Å². The maximum absolute atomic E-state index is 16.1. The fourth-order valence-electron chi connectivity index (χ4n) is 6.13. The average molecular weight is 592 g/mol. The molecule has 6 rings (SSSR count). The van der Waals surface area contributed by atoms with Crippen LogP contribution in [0.3, 0.4) is 0 Å². The number of benzene rings is 1. The first-order valence-corrected chi connectivity index (χ1v) is 14.0. The number of hydrogen-bond donors (Lipinski definition) is 1. The average Bonchev–Trinajstić information content (AvgIpc) is 2.97. The highest BCUT2D eigenvalue weighted by molar-refractivity contribution is 5.96. The Balaban J connectivity index is 1.73. The van der Waals surface area contributed by atoms with Gasteiger partial charge in [-0.15, -0.1) is 0 Å². The van der Waals surface area contributed by atoms with Gasteiger partial charge in [0.1, 0.15) is 23.9 Å². The Bertz CT molecular complexity index is 1840. The maximum atomic E-state index is 16.1. The molecule has 43 heavy (non-hydrogen) atoms. The van der Waals surface area contributed by atoms with Crippen LogP contribution in [0, 0.1) is 18.6 Å². The van der Waals surface area contributed by atoms with Gasteiger partial charge in [0.05, 0.1) is 35.8 Å². The number of carboxylic acid groups (broad SMARTS) is 1. The Kier molecular flexibility index (Phi) is 6.94. The summed E-state index contributed by atoms with van der Waals surface area (Å²) in [6.45, 7) is 7.97. The van der Waals surface area contributed by atoms with Gasteiger partial charge in [0.25, 0.3) is 0 Å². The molecule has 5 heterocycles. The molecular weight excluding hydrogens is 560 g/mol. The van der Waals surface area contributed by atoms with Gasteiger partial charge in [-0.25, -0.2) is 18.6 Å². The second-order valence-electron chi connectivity index (χ2n) is 11.2. The molecule has 1 N–H and O–H groups in total. The number of amides is 1. The topological polar surface area (TPSA) is 110 Å². The fraction of sp³-hybridized carbons (Fsp3) is 0.355. The smallest absolute Gasteiger partial charge is 0.407 e. The molecule has 2 atom stereocenters. The fourth-order valence-corrected chi connectivity index (χ4v) is 6.13. The van der Waals surface area contributed by atoms with Crippen LogP contribution in [-0.2, 0) is 0 Å². The molecule has 1 aromatic carbocycles. The van der Waals surface area contributed by atoms with Crippen LogP contribution < -0.4 is 19.9 Å². The predicted molar refractivity (Wildman–Crippen MR) is 157 cm³/mol. The van der Waals surface area contributed by atoms with Crippen LogP contribution in [0.2, 0.25) is 0 Å². The summed E-state index contributed by atoms with van der Waals surface area (Å²) in [5.74, 6) is -1.56. The minimum Gasteiger partial charge on any atom is -0.496 e. The Morgan fingerprint density at radius 3 is 2.63 bits per heavy atom. The quantitative estimate of drug-likeness (QED) is 0.349. The van der Waals surface area contributed by atoms with E-state index in [2.05, 4.69) is 9.97 Å². The lowest BCUT2D eigenvalue weighted by atomic mass is 10.0. The summed E-state index contributed by atoms with van der Waals surface area (Å²) in [7, 11) is 1.35. The summed E-state index contributed by atoms with van der Waals surface area (Å²) in [4.78, 5) is 38.8. The number of hydrogen-bond acceptors (Lipinski definition) is 7. The van der Waals surface area contributed by atoms with Crippen LogP contribution in [0.25, 0.3) is 28.0 Å². The number of piperazine rings is 1. The van der Waals surface area contributed by atoms with Crippen molar-refractivity contribution in [2.45, 2.75) is 45.7 Å². The van der Waals surface area contributed by atoms with Crippen LogP contribution in [0.1, 0.15) is 37.9 Å². The minimum absolute atomic E-state index is 0.00936. The lowest BCUT2D eigenvalue weighted by Crippen LogP contribution is -2.62. The molecule has 3 aromatic heterocycles. The number of nitrogens with zero attached hydrogens (tertiary/aromatic N) is 5. The van der Waals surface area contributed by atoms with Crippen molar-refractivity contribution in [2.24, 2.45) is 0 Å². The van der Waals surface area contributed by atoms with Gasteiger partial charge in [-0.1, -0.05) is 19.9 Å². The van der Waals surface area contributed by atoms with E-state index >= 15 is 8.78 Å². The van der Waals surface area contributed by atoms with Gasteiger partial charge in [0.2, 0.25) is 5.75 Å². The Morgan fingerprint density at radius 2 is 1.93 bits per heavy atom. The van der Waals surface area contributed by atoms with Gasteiger partial charge in [-0.2, -0.15) is 0 Å². The monoisotopic (exact) mass is 591 g/mol. The number of fused-ring (bicyclic) bond motifs is 5. The van der Waals surface area contributed by atoms with E-state index in [0.29, 0.717) is 17.1 Å². The SMILES string of the molecule is COc1cccc(F)c1-c1nc2c(cc1F)c1c(c(=O)n2-c2c(C)ccnc2C(C)C)OC[C@H]2CN(C(=O)O)[C@H](C)CN12. The highest BCUT2D eigenvalue weighted by Gasteiger charge is 2.41. The van der Waals surface area contributed by atoms with Crippen molar-refractivity contribution in [3.05, 3.63) is 69.8 Å². The van der Waals surface area contributed by atoms with Crippen molar-refractivity contribution in [1.29, 1.82) is 0 Å². The number of anilines is 1. The molecule has 0 saturated carbocycles. The lowest BCUT2D eigenvalue weighted by Gasteiger charge is -2.47. The third-order valence-electron chi connectivity index (χ3n) is 8.19. The van der Waals surface area contributed by atoms with E-state index < -0.39 is 35.4 Å². The third kappa shape index (κ3) is 4.43. The highest BCUT2D eigenvalue weighted by Crippen LogP contribution is 2.43. The molecule has 0 bridgehead atoms. The first kappa shape index (κ1) is 28.4. The normalized spacial score (nSPS) is 18.0. The van der Waals surface area contributed by atoms with E-state index in [0.717, 1.165) is 5.56 Å². The molecule has 1 saturated heterocycles. The third-order valence-corrected chi connectivity index (χ3v) is 8.19. The lowest BCUT2D eigenvalue weighted by molar-refractivity contribution is 0.0999. The largest absolute Gasteiger partial charge is 0.496 e. The minimum atomic E-state index is -1.05. The molecule has 10 nitrogen and oxygen atoms in total. The van der Waals surface area contributed by atoms with E-state index in [4.69, 9.17) is 9.47 Å². The number of methoxy groups -OCH3 is 1. The molecule has 224 valence electrons. The summed E-state index contributed by atoms with van der Waals surface area (Å²) in [6.07, 6.45) is 0.607. The zero-order chi connectivity index (χ0) is 30.7. The van der Waals surface area contributed by atoms with Gasteiger partial charge in [0.15, 0.2) is 11.5 Å². The molecule has 2 aliphatic rings. The summed E-state index contributed by atoms with van der Waals surface area (Å²) >= 11 is 0. The molecule has 12 heteroatoms. The van der Waals surface area contributed by atoms with Gasteiger partial charge in [0, 0.05) is 30.7 Å². The van der Waals surface area contributed by atoms with E-state index in [1.54, 1.807) is 19.2 Å². The molecule has 1 amide bonds. The van der Waals surface area contributed by atoms with Crippen LogP contribution in [-0.4, -0.2) is 69.5 Å². The van der Waals surface area contributed by atoms with Crippen LogP contribution in [0.15, 0.2) is 41.3 Å². The number of pyridine rings is 3. The van der Waals surface area contributed by atoms with Gasteiger partial charge in [-0.05, 0) is 49.6 Å². The summed E-state index contributed by atoms with van der Waals surface area (Å²) in [5.41, 5.74) is 1.23. The molecule has 1 fully saturated rings. The highest BCUT2D eigenvalue weighted by atomic mass is 19.1. The molecule has 0 aliphatic carbocycles. The number of halogens is 2. The molecular formula is C31H31F2N5O5. The van der Waals surface area contributed by atoms with Crippen molar-refractivity contribution in [1.82, 2.24) is 19.4 Å². The standard InChI is InChI=1S/C31H31F2N5O5/c1-15(2)24-26(16(3)9-10-34-24)38-29-19(11-21(33)25(35-29)23-20(32)7-6-8-22(23)42-5)27-28(30(38)39)43-14-18-13-36(31(40)41)17(4)12-37(18)27/h6-11,15,17-18H,12-14H2,1-5H3,(H,40,41)/t17-,18-/m1/s1. The van der Waals surface area contributed by atoms with E-state index in [1.165, 1.54) is 40.8 Å². The molecule has 4 aromatic rings. The van der Waals surface area contributed by atoms with Crippen molar-refractivity contribution in [3.8, 4) is 28.4 Å². The van der Waals surface area contributed by atoms with Crippen LogP contribution in [0.4, 0.5) is 19.3 Å². The van der Waals surface area contributed by atoms with Crippen molar-refractivity contribution >= 4 is 22.8 Å². The second-order valence-corrected chi connectivity index (χ2v) is 11.2. The first-order chi connectivity index (χ1) is 20.5. The zero-order valence-corrected chi connectivity index (χ0v) is 24.4. The van der Waals surface area contributed by atoms with Crippen molar-refractivity contribution in [2.75, 3.05) is 31.7 Å². The maximum Gasteiger partial charge on any atom is 0.407 e. The van der Waals surface area contributed by atoms with Crippen LogP contribution >= 0.6 is 0 Å². The molecule has 2 aliphatic heterocycles. The number of rotatable bonds is 4.